The highest BCUT2D eigenvalue weighted by Crippen LogP contribution is 2.18. The molecule has 0 saturated carbocycles. The minimum atomic E-state index is -0.542. The number of likely N-dealkylation sites (tertiary alicyclic amines) is 1. The molecule has 0 radical (unpaired) electrons. The van der Waals surface area contributed by atoms with Crippen molar-refractivity contribution >= 4 is 0 Å². The number of hydrogen-bond donors (Lipinski definition) is 1. The summed E-state index contributed by atoms with van der Waals surface area (Å²) >= 11 is 0. The van der Waals surface area contributed by atoms with Crippen molar-refractivity contribution in [1.82, 2.24) is 10.2 Å². The van der Waals surface area contributed by atoms with Crippen LogP contribution in [-0.4, -0.2) is 43.3 Å². The van der Waals surface area contributed by atoms with Crippen molar-refractivity contribution in [2.75, 3.05) is 26.2 Å². The topological polar surface area (TPSA) is 15.3 Å². The molecule has 2 saturated heterocycles. The summed E-state index contributed by atoms with van der Waals surface area (Å²) < 4.78 is 13.1. The fourth-order valence-electron chi connectivity index (χ4n) is 2.39. The Kier molecular flexibility index (Phi) is 3.17. The summed E-state index contributed by atoms with van der Waals surface area (Å²) in [6, 6.07) is 0.685. The normalized spacial score (nSPS) is 37.6. The van der Waals surface area contributed by atoms with E-state index < -0.39 is 6.17 Å². The number of nitrogens with zero attached hydrogens (tertiary/aromatic N) is 1. The zero-order valence-electron chi connectivity index (χ0n) is 8.14. The van der Waals surface area contributed by atoms with E-state index in [0.717, 1.165) is 45.4 Å². The van der Waals surface area contributed by atoms with E-state index in [-0.39, 0.29) is 0 Å². The Hall–Kier alpha value is -0.150. The molecule has 0 bridgehead atoms. The van der Waals surface area contributed by atoms with E-state index in [1.165, 1.54) is 6.42 Å². The van der Waals surface area contributed by atoms with E-state index in [2.05, 4.69) is 10.2 Å². The molecule has 0 aromatic heterocycles. The van der Waals surface area contributed by atoms with Gasteiger partial charge in [0.15, 0.2) is 0 Å². The van der Waals surface area contributed by atoms with Crippen molar-refractivity contribution in [2.45, 2.75) is 37.9 Å². The fraction of sp³-hybridized carbons (Fsp3) is 1.00. The Morgan fingerprint density at radius 2 is 2.08 bits per heavy atom. The van der Waals surface area contributed by atoms with E-state index in [0.29, 0.717) is 6.04 Å². The summed E-state index contributed by atoms with van der Waals surface area (Å²) in [5.41, 5.74) is 0. The molecule has 0 aromatic carbocycles. The lowest BCUT2D eigenvalue weighted by Crippen LogP contribution is -2.37. The van der Waals surface area contributed by atoms with E-state index in [1.807, 2.05) is 0 Å². The standard InChI is InChI=1S/C10H19FN2/c11-9-2-1-6-13(7-4-9)10-3-5-12-8-10/h9-10,12H,1-8H2. The zero-order chi connectivity index (χ0) is 9.10. The summed E-state index contributed by atoms with van der Waals surface area (Å²) in [4.78, 5) is 2.47. The zero-order valence-corrected chi connectivity index (χ0v) is 8.14. The van der Waals surface area contributed by atoms with Crippen LogP contribution < -0.4 is 5.32 Å². The van der Waals surface area contributed by atoms with Crippen molar-refractivity contribution in [1.29, 1.82) is 0 Å². The third-order valence-electron chi connectivity index (χ3n) is 3.24. The van der Waals surface area contributed by atoms with Gasteiger partial charge in [0.05, 0.1) is 0 Å². The second kappa shape index (κ2) is 4.38. The quantitative estimate of drug-likeness (QED) is 0.661. The summed E-state index contributed by atoms with van der Waals surface area (Å²) in [5, 5.41) is 3.37. The van der Waals surface area contributed by atoms with Crippen molar-refractivity contribution in [3.05, 3.63) is 0 Å². The van der Waals surface area contributed by atoms with Crippen LogP contribution in [0.4, 0.5) is 4.39 Å². The van der Waals surface area contributed by atoms with E-state index in [9.17, 15) is 4.39 Å². The summed E-state index contributed by atoms with van der Waals surface area (Å²) in [6.07, 6.45) is 3.27. The molecule has 76 valence electrons. The molecule has 2 aliphatic rings. The molecule has 2 fully saturated rings. The van der Waals surface area contributed by atoms with E-state index in [1.54, 1.807) is 0 Å². The lowest BCUT2D eigenvalue weighted by atomic mass is 10.2. The van der Waals surface area contributed by atoms with Crippen LogP contribution in [0.5, 0.6) is 0 Å². The highest BCUT2D eigenvalue weighted by molar-refractivity contribution is 4.82. The first-order valence-corrected chi connectivity index (χ1v) is 5.45. The van der Waals surface area contributed by atoms with Gasteiger partial charge >= 0.3 is 0 Å². The van der Waals surface area contributed by atoms with Crippen LogP contribution in [-0.2, 0) is 0 Å². The Morgan fingerprint density at radius 1 is 1.15 bits per heavy atom. The molecule has 2 rings (SSSR count). The first kappa shape index (κ1) is 9.41. The predicted molar refractivity (Wildman–Crippen MR) is 51.6 cm³/mol. The maximum absolute atomic E-state index is 13.1. The highest BCUT2D eigenvalue weighted by atomic mass is 19.1. The third kappa shape index (κ3) is 2.41. The summed E-state index contributed by atoms with van der Waals surface area (Å²) in [6.45, 7) is 4.32. The minimum Gasteiger partial charge on any atom is -0.315 e. The molecule has 2 atom stereocenters. The van der Waals surface area contributed by atoms with Crippen molar-refractivity contribution in [2.24, 2.45) is 0 Å². The molecule has 1 N–H and O–H groups in total. The average Bonchev–Trinajstić information content (AvgIpc) is 2.56. The molecule has 0 aliphatic carbocycles. The van der Waals surface area contributed by atoms with Crippen molar-refractivity contribution in [3.8, 4) is 0 Å². The average molecular weight is 186 g/mol. The molecule has 13 heavy (non-hydrogen) atoms. The van der Waals surface area contributed by atoms with Gasteiger partial charge in [-0.05, 0) is 38.8 Å². The number of rotatable bonds is 1. The molecule has 2 aliphatic heterocycles. The van der Waals surface area contributed by atoms with E-state index >= 15 is 0 Å². The van der Waals surface area contributed by atoms with Crippen LogP contribution in [0.1, 0.15) is 25.7 Å². The third-order valence-corrected chi connectivity index (χ3v) is 3.24. The first-order chi connectivity index (χ1) is 6.36. The van der Waals surface area contributed by atoms with Gasteiger partial charge in [-0.2, -0.15) is 0 Å². The molecule has 2 unspecified atom stereocenters. The van der Waals surface area contributed by atoms with Crippen LogP contribution in [0.2, 0.25) is 0 Å². The summed E-state index contributed by atoms with van der Waals surface area (Å²) in [5.74, 6) is 0. The van der Waals surface area contributed by atoms with Gasteiger partial charge in [-0.3, -0.25) is 4.90 Å². The second-order valence-corrected chi connectivity index (χ2v) is 4.21. The number of alkyl halides is 1. The van der Waals surface area contributed by atoms with Crippen LogP contribution in [0, 0.1) is 0 Å². The fourth-order valence-corrected chi connectivity index (χ4v) is 2.39. The van der Waals surface area contributed by atoms with Crippen molar-refractivity contribution < 1.29 is 4.39 Å². The number of halogens is 1. The Bertz CT molecular complexity index is 157. The van der Waals surface area contributed by atoms with Gasteiger partial charge < -0.3 is 5.32 Å². The van der Waals surface area contributed by atoms with Gasteiger partial charge in [-0.1, -0.05) is 0 Å². The minimum absolute atomic E-state index is 0.542. The molecule has 0 spiro atoms. The van der Waals surface area contributed by atoms with Gasteiger partial charge in [0.25, 0.3) is 0 Å². The molecule has 0 aromatic rings. The van der Waals surface area contributed by atoms with Gasteiger partial charge in [0, 0.05) is 19.1 Å². The SMILES string of the molecule is FC1CCCN(C2CCNC2)CC1. The molecule has 2 heterocycles. The Labute approximate surface area is 79.5 Å². The molecular formula is C10H19FN2. The first-order valence-electron chi connectivity index (χ1n) is 5.45. The maximum atomic E-state index is 13.1. The van der Waals surface area contributed by atoms with E-state index in [4.69, 9.17) is 0 Å². The van der Waals surface area contributed by atoms with Crippen LogP contribution in [0.25, 0.3) is 0 Å². The largest absolute Gasteiger partial charge is 0.315 e. The highest BCUT2D eigenvalue weighted by Gasteiger charge is 2.24. The number of nitrogens with one attached hydrogen (secondary N) is 1. The predicted octanol–water partition coefficient (Wildman–Crippen LogP) is 1.17. The molecule has 0 amide bonds. The van der Waals surface area contributed by atoms with Crippen LogP contribution >= 0.6 is 0 Å². The van der Waals surface area contributed by atoms with Crippen LogP contribution in [0.3, 0.4) is 0 Å². The second-order valence-electron chi connectivity index (χ2n) is 4.21. The van der Waals surface area contributed by atoms with Gasteiger partial charge in [-0.15, -0.1) is 0 Å². The van der Waals surface area contributed by atoms with Crippen molar-refractivity contribution in [3.63, 3.8) is 0 Å². The van der Waals surface area contributed by atoms with Gasteiger partial charge in [0.2, 0.25) is 0 Å². The van der Waals surface area contributed by atoms with Crippen LogP contribution in [0.15, 0.2) is 0 Å². The number of hydrogen-bond acceptors (Lipinski definition) is 2. The maximum Gasteiger partial charge on any atom is 0.101 e. The molecular weight excluding hydrogens is 167 g/mol. The molecule has 3 heteroatoms. The molecule has 2 nitrogen and oxygen atoms in total. The van der Waals surface area contributed by atoms with Gasteiger partial charge in [0.1, 0.15) is 6.17 Å². The smallest absolute Gasteiger partial charge is 0.101 e. The lowest BCUT2D eigenvalue weighted by molar-refractivity contribution is 0.208. The van der Waals surface area contributed by atoms with Gasteiger partial charge in [-0.25, -0.2) is 4.39 Å². The monoisotopic (exact) mass is 186 g/mol. The lowest BCUT2D eigenvalue weighted by Gasteiger charge is -2.26. The summed E-state index contributed by atoms with van der Waals surface area (Å²) in [7, 11) is 0. The Balaban J connectivity index is 1.84. The Morgan fingerprint density at radius 3 is 2.85 bits per heavy atom.